The van der Waals surface area contributed by atoms with E-state index in [1.807, 2.05) is 0 Å². The molecule has 130 valence electrons. The van der Waals surface area contributed by atoms with E-state index in [1.165, 1.54) is 25.5 Å². The zero-order valence-electron chi connectivity index (χ0n) is 14.9. The highest BCUT2D eigenvalue weighted by Crippen LogP contribution is 2.47. The maximum absolute atomic E-state index is 12.7. The minimum atomic E-state index is -0.559. The van der Waals surface area contributed by atoms with Gasteiger partial charge in [-0.25, -0.2) is 0 Å². The molecule has 1 saturated heterocycles. The number of carbonyl (C=O) groups is 3. The molecule has 2 fully saturated rings. The molecule has 23 heavy (non-hydrogen) atoms. The Hall–Kier alpha value is -1.39. The van der Waals surface area contributed by atoms with Gasteiger partial charge in [0.15, 0.2) is 0 Å². The van der Waals surface area contributed by atoms with Gasteiger partial charge in [-0.2, -0.15) is 0 Å². The van der Waals surface area contributed by atoms with E-state index in [0.717, 1.165) is 12.8 Å². The van der Waals surface area contributed by atoms with Crippen molar-refractivity contribution in [1.29, 1.82) is 0 Å². The van der Waals surface area contributed by atoms with Crippen molar-refractivity contribution in [3.8, 4) is 0 Å². The van der Waals surface area contributed by atoms with Crippen LogP contribution in [0.4, 0.5) is 0 Å². The van der Waals surface area contributed by atoms with Crippen molar-refractivity contribution in [3.05, 3.63) is 0 Å². The van der Waals surface area contributed by atoms with Gasteiger partial charge in [0.1, 0.15) is 0 Å². The molecule has 0 unspecified atom stereocenters. The van der Waals surface area contributed by atoms with Crippen molar-refractivity contribution in [1.82, 2.24) is 4.90 Å². The first-order valence-corrected chi connectivity index (χ1v) is 8.66. The largest absolute Gasteiger partial charge is 0.469 e. The lowest BCUT2D eigenvalue weighted by Crippen LogP contribution is -2.39. The number of methoxy groups -OCH3 is 1. The molecule has 2 aliphatic rings. The molecular formula is C18H29NO4. The fraction of sp³-hybridized carbons (Fsp3) is 0.833. The topological polar surface area (TPSA) is 63.7 Å². The Morgan fingerprint density at radius 3 is 2.48 bits per heavy atom. The van der Waals surface area contributed by atoms with Gasteiger partial charge in [-0.05, 0) is 36.5 Å². The third-order valence-corrected chi connectivity index (χ3v) is 5.85. The van der Waals surface area contributed by atoms with Crippen LogP contribution in [-0.2, 0) is 19.1 Å². The first-order valence-electron chi connectivity index (χ1n) is 8.66. The lowest BCUT2D eigenvalue weighted by molar-refractivity contribution is -0.145. The number of ether oxygens (including phenoxy) is 1. The van der Waals surface area contributed by atoms with Crippen LogP contribution < -0.4 is 0 Å². The molecule has 0 radical (unpaired) electrons. The minimum Gasteiger partial charge on any atom is -0.469 e. The molecule has 1 aliphatic heterocycles. The van der Waals surface area contributed by atoms with Crippen molar-refractivity contribution in [2.75, 3.05) is 14.2 Å². The van der Waals surface area contributed by atoms with Crippen LogP contribution in [0.2, 0.25) is 0 Å². The van der Waals surface area contributed by atoms with Gasteiger partial charge in [-0.3, -0.25) is 19.3 Å². The van der Waals surface area contributed by atoms with E-state index < -0.39 is 11.9 Å². The monoisotopic (exact) mass is 323 g/mol. The second kappa shape index (κ2) is 7.02. The molecule has 0 aromatic rings. The third-order valence-electron chi connectivity index (χ3n) is 5.85. The van der Waals surface area contributed by atoms with Crippen LogP contribution in [-0.4, -0.2) is 36.8 Å². The molecule has 0 bridgehead atoms. The average molecular weight is 323 g/mol. The number of likely N-dealkylation sites (tertiary alicyclic amines) is 1. The summed E-state index contributed by atoms with van der Waals surface area (Å²) in [7, 11) is 2.85. The molecule has 0 N–H and O–H groups in total. The molecule has 0 spiro atoms. The first-order chi connectivity index (χ1) is 10.8. The Kier molecular flexibility index (Phi) is 5.48. The summed E-state index contributed by atoms with van der Waals surface area (Å²) in [6, 6.07) is 0. The molecular weight excluding hydrogens is 294 g/mol. The Morgan fingerprint density at radius 2 is 1.91 bits per heavy atom. The summed E-state index contributed by atoms with van der Waals surface area (Å²) in [5, 5.41) is 0. The summed E-state index contributed by atoms with van der Waals surface area (Å²) in [4.78, 5) is 38.1. The summed E-state index contributed by atoms with van der Waals surface area (Å²) in [5.74, 6) is -0.0588. The van der Waals surface area contributed by atoms with Gasteiger partial charge in [0.25, 0.3) is 0 Å². The van der Waals surface area contributed by atoms with E-state index in [1.54, 1.807) is 0 Å². The Bertz CT molecular complexity index is 487. The predicted octanol–water partition coefficient (Wildman–Crippen LogP) is 2.49. The van der Waals surface area contributed by atoms with Gasteiger partial charge < -0.3 is 4.74 Å². The van der Waals surface area contributed by atoms with Crippen LogP contribution in [0.15, 0.2) is 0 Å². The molecule has 0 aromatic heterocycles. The van der Waals surface area contributed by atoms with Crippen molar-refractivity contribution < 1.29 is 19.1 Å². The molecule has 1 aliphatic carbocycles. The summed E-state index contributed by atoms with van der Waals surface area (Å²) in [6.07, 6.45) is 3.23. The zero-order valence-corrected chi connectivity index (χ0v) is 14.9. The lowest BCUT2D eigenvalue weighted by Gasteiger charge is -2.41. The number of esters is 1. The highest BCUT2D eigenvalue weighted by Gasteiger charge is 2.52. The number of nitrogens with zero attached hydrogens (tertiary/aromatic N) is 1. The Balaban J connectivity index is 2.32. The van der Waals surface area contributed by atoms with Crippen LogP contribution in [0.25, 0.3) is 0 Å². The van der Waals surface area contributed by atoms with Crippen LogP contribution in [0.3, 0.4) is 0 Å². The number of rotatable bonds is 4. The molecule has 0 aromatic carbocycles. The summed E-state index contributed by atoms with van der Waals surface area (Å²) in [6.45, 7) is 6.59. The van der Waals surface area contributed by atoms with Gasteiger partial charge in [-0.15, -0.1) is 0 Å². The second-order valence-electron chi connectivity index (χ2n) is 7.64. The maximum atomic E-state index is 12.7. The van der Waals surface area contributed by atoms with Gasteiger partial charge in [0.05, 0.1) is 25.4 Å². The molecule has 2 rings (SSSR count). The predicted molar refractivity (Wildman–Crippen MR) is 86.2 cm³/mol. The van der Waals surface area contributed by atoms with Crippen molar-refractivity contribution in [3.63, 3.8) is 0 Å². The van der Waals surface area contributed by atoms with Crippen molar-refractivity contribution in [2.24, 2.45) is 35.5 Å². The van der Waals surface area contributed by atoms with E-state index in [9.17, 15) is 14.4 Å². The molecule has 1 saturated carbocycles. The second-order valence-corrected chi connectivity index (χ2v) is 7.64. The van der Waals surface area contributed by atoms with Gasteiger partial charge >= 0.3 is 5.97 Å². The van der Waals surface area contributed by atoms with E-state index in [0.29, 0.717) is 17.8 Å². The van der Waals surface area contributed by atoms with E-state index >= 15 is 0 Å². The standard InChI is InChI=1S/C18H29NO4/c1-10(2)12-7-6-11(3)8-13(12)16-14(9-15(20)23-5)17(21)19(4)18(16)22/h10-14,16H,6-9H2,1-5H3/t11-,12+,13-,14+,16+/m1/s1. The quantitative estimate of drug-likeness (QED) is 0.589. The van der Waals surface area contributed by atoms with Gasteiger partial charge in [0.2, 0.25) is 11.8 Å². The van der Waals surface area contributed by atoms with Crippen LogP contribution in [0, 0.1) is 35.5 Å². The molecule has 5 atom stereocenters. The summed E-state index contributed by atoms with van der Waals surface area (Å²) in [5.41, 5.74) is 0. The third kappa shape index (κ3) is 3.43. The number of carbonyl (C=O) groups excluding carboxylic acids is 3. The summed E-state index contributed by atoms with van der Waals surface area (Å²) < 4.78 is 4.74. The zero-order chi connectivity index (χ0) is 17.3. The van der Waals surface area contributed by atoms with E-state index in [4.69, 9.17) is 4.74 Å². The smallest absolute Gasteiger partial charge is 0.306 e. The highest BCUT2D eigenvalue weighted by atomic mass is 16.5. The fourth-order valence-corrected chi connectivity index (χ4v) is 4.55. The van der Waals surface area contributed by atoms with Gasteiger partial charge in [0, 0.05) is 7.05 Å². The summed E-state index contributed by atoms with van der Waals surface area (Å²) >= 11 is 0. The van der Waals surface area contributed by atoms with Crippen LogP contribution >= 0.6 is 0 Å². The Labute approximate surface area is 138 Å². The molecule has 1 heterocycles. The number of hydrogen-bond donors (Lipinski definition) is 0. The number of hydrogen-bond acceptors (Lipinski definition) is 4. The van der Waals surface area contributed by atoms with Gasteiger partial charge in [-0.1, -0.05) is 27.2 Å². The fourth-order valence-electron chi connectivity index (χ4n) is 4.55. The highest BCUT2D eigenvalue weighted by molar-refractivity contribution is 6.06. The minimum absolute atomic E-state index is 0.00573. The molecule has 5 nitrogen and oxygen atoms in total. The maximum Gasteiger partial charge on any atom is 0.306 e. The van der Waals surface area contributed by atoms with Crippen molar-refractivity contribution in [2.45, 2.75) is 46.5 Å². The van der Waals surface area contributed by atoms with Crippen LogP contribution in [0.5, 0.6) is 0 Å². The Morgan fingerprint density at radius 1 is 1.26 bits per heavy atom. The van der Waals surface area contributed by atoms with Crippen molar-refractivity contribution >= 4 is 17.8 Å². The number of amides is 2. The normalized spacial score (nSPS) is 35.0. The molecule has 2 amide bonds. The SMILES string of the molecule is COC(=O)C[C@@H]1C(=O)N(C)C(=O)[C@H]1[C@@H]1C[C@H](C)CC[C@H]1C(C)C. The lowest BCUT2D eigenvalue weighted by atomic mass is 9.63. The first kappa shape index (κ1) is 18.0. The number of imide groups is 1. The molecule has 5 heteroatoms. The van der Waals surface area contributed by atoms with E-state index in [-0.39, 0.29) is 30.1 Å². The van der Waals surface area contributed by atoms with Crippen LogP contribution in [0.1, 0.15) is 46.5 Å². The van der Waals surface area contributed by atoms with E-state index in [2.05, 4.69) is 20.8 Å². The average Bonchev–Trinajstić information content (AvgIpc) is 2.71.